The van der Waals surface area contributed by atoms with Gasteiger partial charge in [-0.15, -0.1) is 11.3 Å². The van der Waals surface area contributed by atoms with Crippen LogP contribution in [0.25, 0.3) is 74.4 Å². The lowest BCUT2D eigenvalue weighted by Crippen LogP contribution is -2.61. The Labute approximate surface area is 458 Å². The Balaban J connectivity index is 0.985. The predicted octanol–water partition coefficient (Wildman–Crippen LogP) is 19.0. The Bertz CT molecular complexity index is 4770. The summed E-state index contributed by atoms with van der Waals surface area (Å²) in [6, 6.07) is 82.5. The Kier molecular flexibility index (Phi) is 9.51. The molecule has 0 unspecified atom stereocenters. The van der Waals surface area contributed by atoms with Gasteiger partial charge in [0.1, 0.15) is 11.2 Å². The van der Waals surface area contributed by atoms with E-state index in [-0.39, 0.29) is 17.5 Å². The zero-order valence-electron chi connectivity index (χ0n) is 44.5. The van der Waals surface area contributed by atoms with Gasteiger partial charge in [-0.1, -0.05) is 169 Å². The average molecular weight is 1020 g/mol. The van der Waals surface area contributed by atoms with E-state index in [4.69, 9.17) is 4.42 Å². The molecule has 2 aliphatic rings. The van der Waals surface area contributed by atoms with Crippen molar-refractivity contribution in [2.75, 3.05) is 14.7 Å². The quantitative estimate of drug-likeness (QED) is 0.127. The zero-order chi connectivity index (χ0) is 52.3. The standard InChI is InChI=1S/C72H54BN3OS/c1-71(2,3)46-25-29-48(30-26-46)75-59-17-12-18-60-69(59)73(57-37-40-65-68(54-16-8-10-20-64(54)78-65)70(57)76(60)49-31-27-47(28-32-49)72(4,5)6)56-36-33-51(42-61(56)75)74(50-34-39-63-55(41-50)52-15-7-9-19-62(52)77-63)58-38-24-45-22-21-43-13-11-14-44-23-35-53(58)67(45)66(43)44/h7-42H,1-6H3. The fourth-order valence-electron chi connectivity index (χ4n) is 13.3. The minimum absolute atomic E-state index is 0.00494. The van der Waals surface area contributed by atoms with Crippen LogP contribution in [0, 0.1) is 0 Å². The molecule has 2 aromatic heterocycles. The van der Waals surface area contributed by atoms with Crippen LogP contribution in [0.3, 0.4) is 0 Å². The molecule has 0 bridgehead atoms. The molecule has 0 N–H and O–H groups in total. The second kappa shape index (κ2) is 16.3. The van der Waals surface area contributed by atoms with Crippen molar-refractivity contribution >= 4 is 160 Å². The number of fused-ring (bicyclic) bond motifs is 11. The summed E-state index contributed by atoms with van der Waals surface area (Å²) >= 11 is 1.89. The van der Waals surface area contributed by atoms with Crippen molar-refractivity contribution in [1.82, 2.24) is 0 Å². The first-order valence-electron chi connectivity index (χ1n) is 27.3. The maximum absolute atomic E-state index is 6.49. The van der Waals surface area contributed by atoms with E-state index in [9.17, 15) is 0 Å². The van der Waals surface area contributed by atoms with E-state index in [0.717, 1.165) is 56.1 Å². The van der Waals surface area contributed by atoms with Gasteiger partial charge in [-0.05, 0) is 156 Å². The molecule has 0 fully saturated rings. The molecule has 4 heterocycles. The minimum Gasteiger partial charge on any atom is -0.456 e. The molecule has 6 heteroatoms. The van der Waals surface area contributed by atoms with Crippen LogP contribution in [0.15, 0.2) is 223 Å². The smallest absolute Gasteiger partial charge is 0.252 e. The van der Waals surface area contributed by atoms with Crippen LogP contribution in [-0.4, -0.2) is 6.71 Å². The molecule has 0 saturated heterocycles. The molecule has 0 aliphatic carbocycles. The van der Waals surface area contributed by atoms with Crippen molar-refractivity contribution in [2.45, 2.75) is 52.4 Å². The molecule has 2 aliphatic heterocycles. The first kappa shape index (κ1) is 45.4. The molecule has 372 valence electrons. The highest BCUT2D eigenvalue weighted by molar-refractivity contribution is 7.26. The van der Waals surface area contributed by atoms with Crippen molar-refractivity contribution in [3.05, 3.63) is 230 Å². The third-order valence-electron chi connectivity index (χ3n) is 17.1. The summed E-state index contributed by atoms with van der Waals surface area (Å²) in [5.41, 5.74) is 18.6. The molecule has 16 rings (SSSR count). The largest absolute Gasteiger partial charge is 0.456 e. The summed E-state index contributed by atoms with van der Waals surface area (Å²) < 4.78 is 9.08. The third-order valence-corrected chi connectivity index (χ3v) is 18.2. The summed E-state index contributed by atoms with van der Waals surface area (Å²) in [4.78, 5) is 7.64. The molecule has 0 radical (unpaired) electrons. The Morgan fingerprint density at radius 3 is 1.74 bits per heavy atom. The SMILES string of the molecule is CC(C)(C)c1ccc(N2c3cc(N(c4ccc5oc6ccccc6c5c4)c4ccc5ccc6cccc7ccc4c5c67)ccc3B3c4ccc5sc6ccccc6c5c4N(c4ccc(C(C)(C)C)cc4)c4cccc2c43)cc1. The van der Waals surface area contributed by atoms with E-state index in [2.05, 4.69) is 275 Å². The highest BCUT2D eigenvalue weighted by atomic mass is 32.1. The number of furan rings is 1. The molecule has 4 nitrogen and oxygen atoms in total. The van der Waals surface area contributed by atoms with Gasteiger partial charge < -0.3 is 19.1 Å². The van der Waals surface area contributed by atoms with Gasteiger partial charge in [-0.3, -0.25) is 0 Å². The molecule has 78 heavy (non-hydrogen) atoms. The maximum atomic E-state index is 6.49. The second-order valence-corrected chi connectivity index (χ2v) is 24.8. The highest BCUT2D eigenvalue weighted by Gasteiger charge is 2.44. The monoisotopic (exact) mass is 1020 g/mol. The average Bonchev–Trinajstić information content (AvgIpc) is 3.29. The fourth-order valence-corrected chi connectivity index (χ4v) is 14.4. The van der Waals surface area contributed by atoms with E-state index >= 15 is 0 Å². The van der Waals surface area contributed by atoms with Crippen molar-refractivity contribution in [1.29, 1.82) is 0 Å². The van der Waals surface area contributed by atoms with Crippen LogP contribution in [0.1, 0.15) is 52.7 Å². The van der Waals surface area contributed by atoms with Gasteiger partial charge in [-0.25, -0.2) is 0 Å². The normalized spacial score (nSPS) is 13.4. The Morgan fingerprint density at radius 2 is 1.00 bits per heavy atom. The summed E-state index contributed by atoms with van der Waals surface area (Å²) in [5.74, 6) is 0. The zero-order valence-corrected chi connectivity index (χ0v) is 45.3. The van der Waals surface area contributed by atoms with Crippen molar-refractivity contribution in [2.24, 2.45) is 0 Å². The van der Waals surface area contributed by atoms with Crippen LogP contribution < -0.4 is 31.1 Å². The predicted molar refractivity (Wildman–Crippen MR) is 336 cm³/mol. The molecule has 12 aromatic carbocycles. The number of rotatable bonds is 5. The second-order valence-electron chi connectivity index (χ2n) is 23.7. The van der Waals surface area contributed by atoms with E-state index < -0.39 is 0 Å². The van der Waals surface area contributed by atoms with E-state index in [0.29, 0.717) is 0 Å². The van der Waals surface area contributed by atoms with E-state index in [1.54, 1.807) is 0 Å². The molecule has 0 atom stereocenters. The van der Waals surface area contributed by atoms with Crippen molar-refractivity contribution in [3.63, 3.8) is 0 Å². The summed E-state index contributed by atoms with van der Waals surface area (Å²) in [6.07, 6.45) is 0. The first-order chi connectivity index (χ1) is 37.9. The molecule has 0 amide bonds. The lowest BCUT2D eigenvalue weighted by molar-refractivity contribution is 0.590. The number of benzene rings is 12. The molecular weight excluding hydrogens is 966 g/mol. The Hall–Kier alpha value is -8.84. The van der Waals surface area contributed by atoms with Crippen molar-refractivity contribution < 1.29 is 4.42 Å². The van der Waals surface area contributed by atoms with Gasteiger partial charge in [0.2, 0.25) is 0 Å². The number of hydrogen-bond donors (Lipinski definition) is 0. The minimum atomic E-state index is -0.0647. The lowest BCUT2D eigenvalue weighted by Gasteiger charge is -2.44. The van der Waals surface area contributed by atoms with E-state index in [1.165, 1.54) is 97.1 Å². The topological polar surface area (TPSA) is 22.9 Å². The van der Waals surface area contributed by atoms with Gasteiger partial charge >= 0.3 is 0 Å². The molecule has 0 saturated carbocycles. The fraction of sp³-hybridized carbons (Fsp3) is 0.111. The van der Waals surface area contributed by atoms with Crippen LogP contribution in [-0.2, 0) is 10.8 Å². The van der Waals surface area contributed by atoms with Crippen molar-refractivity contribution in [3.8, 4) is 0 Å². The Morgan fingerprint density at radius 1 is 0.410 bits per heavy atom. The van der Waals surface area contributed by atoms with E-state index in [1.807, 2.05) is 11.3 Å². The third kappa shape index (κ3) is 6.59. The molecule has 0 spiro atoms. The lowest BCUT2D eigenvalue weighted by atomic mass is 9.33. The number of thiophene rings is 1. The summed E-state index contributed by atoms with van der Waals surface area (Å²) in [5, 5.41) is 12.3. The summed E-state index contributed by atoms with van der Waals surface area (Å²) in [6.45, 7) is 13.7. The molecule has 14 aromatic rings. The molecular formula is C72H54BN3OS. The van der Waals surface area contributed by atoms with Crippen LogP contribution in [0.4, 0.5) is 51.2 Å². The maximum Gasteiger partial charge on any atom is 0.252 e. The number of hydrogen-bond acceptors (Lipinski definition) is 5. The van der Waals surface area contributed by atoms with Crippen LogP contribution in [0.5, 0.6) is 0 Å². The van der Waals surface area contributed by atoms with Gasteiger partial charge in [0.05, 0.1) is 11.4 Å². The highest BCUT2D eigenvalue weighted by Crippen LogP contribution is 2.51. The van der Waals surface area contributed by atoms with Gasteiger partial charge in [0.25, 0.3) is 6.71 Å². The van der Waals surface area contributed by atoms with Gasteiger partial charge in [0, 0.05) is 76.1 Å². The number of anilines is 9. The van der Waals surface area contributed by atoms with Crippen LogP contribution in [0.2, 0.25) is 0 Å². The summed E-state index contributed by atoms with van der Waals surface area (Å²) in [7, 11) is 0. The van der Waals surface area contributed by atoms with Gasteiger partial charge in [0.15, 0.2) is 0 Å². The first-order valence-corrected chi connectivity index (χ1v) is 28.2. The number of para-hydroxylation sites is 1. The van der Waals surface area contributed by atoms with Gasteiger partial charge in [-0.2, -0.15) is 0 Å². The van der Waals surface area contributed by atoms with Crippen LogP contribution >= 0.6 is 11.3 Å². The number of nitrogens with zero attached hydrogens (tertiary/aromatic N) is 3.